The molecule has 0 spiro atoms. The molecule has 3 aromatic rings. The van der Waals surface area contributed by atoms with Crippen molar-refractivity contribution in [2.45, 2.75) is 19.3 Å². The van der Waals surface area contributed by atoms with Crippen LogP contribution in [0, 0.1) is 0 Å². The normalized spacial score (nSPS) is 16.1. The molecule has 1 aromatic heterocycles. The monoisotopic (exact) mass is 433 g/mol. The second-order valence-corrected chi connectivity index (χ2v) is 8.04. The van der Waals surface area contributed by atoms with Crippen molar-refractivity contribution in [3.05, 3.63) is 59.8 Å². The van der Waals surface area contributed by atoms with E-state index in [1.165, 1.54) is 5.69 Å². The number of aryl methyl sites for hydroxylation is 1. The Morgan fingerprint density at radius 3 is 2.19 bits per heavy atom. The molecule has 1 aliphatic rings. The fourth-order valence-electron chi connectivity index (χ4n) is 3.98. The van der Waals surface area contributed by atoms with Crippen molar-refractivity contribution in [1.29, 1.82) is 0 Å². The Bertz CT molecular complexity index is 1020. The van der Waals surface area contributed by atoms with E-state index < -0.39 is 12.8 Å². The summed E-state index contributed by atoms with van der Waals surface area (Å²) in [5.41, 5.74) is 3.29. The molecule has 0 amide bonds. The molecular formula is C23H26F3N3O2. The summed E-state index contributed by atoms with van der Waals surface area (Å²) in [7, 11) is 2.02. The number of hydrogen-bond acceptors (Lipinski definition) is 4. The zero-order chi connectivity index (χ0) is 22.0. The second-order valence-electron chi connectivity index (χ2n) is 8.04. The third-order valence-corrected chi connectivity index (χ3v) is 5.71. The molecule has 31 heavy (non-hydrogen) atoms. The van der Waals surface area contributed by atoms with Gasteiger partial charge in [0.1, 0.15) is 11.5 Å². The first-order chi connectivity index (χ1) is 14.8. The van der Waals surface area contributed by atoms with Crippen LogP contribution in [0.15, 0.2) is 48.5 Å². The minimum atomic E-state index is -4.33. The number of hydrogen-bond donors (Lipinski definition) is 1. The number of alkyl halides is 3. The third kappa shape index (κ3) is 5.51. The first-order valence-corrected chi connectivity index (χ1v) is 10.3. The minimum absolute atomic E-state index is 0.231. The molecule has 5 nitrogen and oxygen atoms in total. The maximum absolute atomic E-state index is 12.2. The maximum atomic E-state index is 12.2. The molecule has 1 N–H and O–H groups in total. The number of nitrogens with zero attached hydrogens (tertiary/aromatic N) is 3. The van der Waals surface area contributed by atoms with E-state index in [0.29, 0.717) is 0 Å². The van der Waals surface area contributed by atoms with Gasteiger partial charge in [-0.1, -0.05) is 12.1 Å². The average Bonchev–Trinajstić information content (AvgIpc) is 3.03. The summed E-state index contributed by atoms with van der Waals surface area (Å²) in [4.78, 5) is 4.76. The molecule has 0 bridgehead atoms. The van der Waals surface area contributed by atoms with E-state index in [4.69, 9.17) is 4.74 Å². The minimum Gasteiger partial charge on any atom is -0.508 e. The molecule has 0 saturated carbocycles. The average molecular weight is 433 g/mol. The van der Waals surface area contributed by atoms with Gasteiger partial charge in [-0.2, -0.15) is 13.2 Å². The quantitative estimate of drug-likeness (QED) is 0.634. The molecule has 166 valence electrons. The van der Waals surface area contributed by atoms with Crippen molar-refractivity contribution in [3.63, 3.8) is 0 Å². The maximum Gasteiger partial charge on any atom is 0.422 e. The zero-order valence-electron chi connectivity index (χ0n) is 17.4. The number of phenols is 1. The fraction of sp³-hybridized carbons (Fsp3) is 0.391. The van der Waals surface area contributed by atoms with Crippen LogP contribution in [-0.2, 0) is 20.1 Å². The van der Waals surface area contributed by atoms with Crippen LogP contribution in [0.5, 0.6) is 11.5 Å². The van der Waals surface area contributed by atoms with E-state index in [1.54, 1.807) is 24.3 Å². The van der Waals surface area contributed by atoms with E-state index >= 15 is 0 Å². The Hall–Kier alpha value is -2.71. The standard InChI is InChI=1S/C23H26F3N3O2/c1-27-19(12-18-4-5-20(30)13-22(18)27)15-29-10-8-28(9-11-29)14-17-2-6-21(7-3-17)31-16-23(24,25)26/h2-7,12-13,30H,8-11,14-16H2,1H3. The van der Waals surface area contributed by atoms with Crippen LogP contribution in [0.1, 0.15) is 11.3 Å². The number of aromatic hydroxyl groups is 1. The van der Waals surface area contributed by atoms with Gasteiger partial charge >= 0.3 is 6.18 Å². The van der Waals surface area contributed by atoms with Crippen molar-refractivity contribution in [1.82, 2.24) is 14.4 Å². The summed E-state index contributed by atoms with van der Waals surface area (Å²) >= 11 is 0. The van der Waals surface area contributed by atoms with Gasteiger partial charge in [-0.25, -0.2) is 0 Å². The number of benzene rings is 2. The number of fused-ring (bicyclic) bond motifs is 1. The highest BCUT2D eigenvalue weighted by Crippen LogP contribution is 2.24. The predicted molar refractivity (Wildman–Crippen MR) is 113 cm³/mol. The van der Waals surface area contributed by atoms with Gasteiger partial charge in [0.15, 0.2) is 6.61 Å². The Morgan fingerprint density at radius 2 is 1.55 bits per heavy atom. The van der Waals surface area contributed by atoms with Crippen molar-refractivity contribution < 1.29 is 23.0 Å². The summed E-state index contributed by atoms with van der Waals surface area (Å²) in [5, 5.41) is 10.9. The van der Waals surface area contributed by atoms with Crippen LogP contribution in [0.3, 0.4) is 0 Å². The molecule has 1 fully saturated rings. The van der Waals surface area contributed by atoms with E-state index in [-0.39, 0.29) is 11.5 Å². The Balaban J connectivity index is 1.28. The van der Waals surface area contributed by atoms with Gasteiger partial charge in [-0.15, -0.1) is 0 Å². The molecule has 8 heteroatoms. The molecule has 1 aliphatic heterocycles. The predicted octanol–water partition coefficient (Wildman–Crippen LogP) is 4.14. The van der Waals surface area contributed by atoms with Crippen molar-refractivity contribution in [3.8, 4) is 11.5 Å². The fourth-order valence-corrected chi connectivity index (χ4v) is 3.98. The molecule has 2 aromatic carbocycles. The number of aromatic nitrogens is 1. The van der Waals surface area contributed by atoms with Crippen LogP contribution in [0.25, 0.3) is 10.9 Å². The van der Waals surface area contributed by atoms with E-state index in [2.05, 4.69) is 20.4 Å². The van der Waals surface area contributed by atoms with Crippen LogP contribution >= 0.6 is 0 Å². The number of piperazine rings is 1. The van der Waals surface area contributed by atoms with Crippen LogP contribution in [0.2, 0.25) is 0 Å². The number of rotatable bonds is 6. The summed E-state index contributed by atoms with van der Waals surface area (Å²) in [6.07, 6.45) is -4.33. The molecule has 4 rings (SSSR count). The molecule has 0 radical (unpaired) electrons. The molecule has 2 heterocycles. The zero-order valence-corrected chi connectivity index (χ0v) is 17.4. The summed E-state index contributed by atoms with van der Waals surface area (Å²) in [6, 6.07) is 14.4. The summed E-state index contributed by atoms with van der Waals surface area (Å²) in [5.74, 6) is 0.503. The topological polar surface area (TPSA) is 40.9 Å². The molecule has 1 saturated heterocycles. The SMILES string of the molecule is Cn1c(CN2CCN(Cc3ccc(OCC(F)(F)F)cc3)CC2)cc2ccc(O)cc21. The Morgan fingerprint density at radius 1 is 0.903 bits per heavy atom. The van der Waals surface area contributed by atoms with Gasteiger partial charge in [0.05, 0.1) is 5.52 Å². The van der Waals surface area contributed by atoms with Gasteiger partial charge in [-0.05, 0) is 35.9 Å². The van der Waals surface area contributed by atoms with Gasteiger partial charge in [0.25, 0.3) is 0 Å². The molecule has 0 aliphatic carbocycles. The third-order valence-electron chi connectivity index (χ3n) is 5.71. The van der Waals surface area contributed by atoms with Crippen molar-refractivity contribution in [2.24, 2.45) is 7.05 Å². The van der Waals surface area contributed by atoms with E-state index in [9.17, 15) is 18.3 Å². The Labute approximate surface area is 179 Å². The summed E-state index contributed by atoms with van der Waals surface area (Å²) < 4.78 is 43.6. The Kier molecular flexibility index (Phi) is 6.11. The smallest absolute Gasteiger partial charge is 0.422 e. The second kappa shape index (κ2) is 8.80. The molecule has 0 unspecified atom stereocenters. The van der Waals surface area contributed by atoms with Crippen LogP contribution in [-0.4, -0.2) is 58.4 Å². The largest absolute Gasteiger partial charge is 0.508 e. The van der Waals surface area contributed by atoms with Gasteiger partial charge in [-0.3, -0.25) is 9.80 Å². The van der Waals surface area contributed by atoms with Gasteiger partial charge in [0, 0.05) is 63.5 Å². The number of halogens is 3. The molecular weight excluding hydrogens is 407 g/mol. The lowest BCUT2D eigenvalue weighted by Gasteiger charge is -2.34. The highest BCUT2D eigenvalue weighted by molar-refractivity contribution is 5.82. The van der Waals surface area contributed by atoms with Crippen molar-refractivity contribution >= 4 is 10.9 Å². The molecule has 0 atom stereocenters. The van der Waals surface area contributed by atoms with Gasteiger partial charge < -0.3 is 14.4 Å². The van der Waals surface area contributed by atoms with Crippen LogP contribution < -0.4 is 4.74 Å². The lowest BCUT2D eigenvalue weighted by atomic mass is 10.2. The van der Waals surface area contributed by atoms with Crippen LogP contribution in [0.4, 0.5) is 13.2 Å². The number of phenolic OH excluding ortho intramolecular Hbond substituents is 1. The highest BCUT2D eigenvalue weighted by atomic mass is 19.4. The first kappa shape index (κ1) is 21.5. The highest BCUT2D eigenvalue weighted by Gasteiger charge is 2.28. The van der Waals surface area contributed by atoms with Crippen molar-refractivity contribution in [2.75, 3.05) is 32.8 Å². The van der Waals surface area contributed by atoms with Gasteiger partial charge in [0.2, 0.25) is 0 Å². The number of ether oxygens (including phenoxy) is 1. The lowest BCUT2D eigenvalue weighted by molar-refractivity contribution is -0.153. The first-order valence-electron chi connectivity index (χ1n) is 10.3. The van der Waals surface area contributed by atoms with E-state index in [1.807, 2.05) is 25.2 Å². The summed E-state index contributed by atoms with van der Waals surface area (Å²) in [6.45, 7) is 4.09. The lowest BCUT2D eigenvalue weighted by Crippen LogP contribution is -2.45. The van der Waals surface area contributed by atoms with E-state index in [0.717, 1.165) is 55.7 Å².